The van der Waals surface area contributed by atoms with E-state index in [-0.39, 0.29) is 0 Å². The van der Waals surface area contributed by atoms with Crippen molar-refractivity contribution in [3.63, 3.8) is 0 Å². The molecule has 0 aliphatic heterocycles. The highest BCUT2D eigenvalue weighted by molar-refractivity contribution is 5.99. The molecule has 0 spiro atoms. The van der Waals surface area contributed by atoms with Gasteiger partial charge in [0, 0.05) is 17.5 Å². The number of nitriles is 1. The molecule has 156 valence electrons. The average Bonchev–Trinajstić information content (AvgIpc) is 3.02. The number of nitrogens with zero attached hydrogens (tertiary/aromatic N) is 2. The first-order valence-electron chi connectivity index (χ1n) is 10.2. The van der Waals surface area contributed by atoms with Gasteiger partial charge in [-0.15, -0.1) is 0 Å². The van der Waals surface area contributed by atoms with Gasteiger partial charge in [-0.3, -0.25) is 0 Å². The van der Waals surface area contributed by atoms with Crippen LogP contribution in [0.1, 0.15) is 45.7 Å². The number of carbonyl (C=O) groups excluding carboxylic acids is 1. The number of benzene rings is 2. The number of aromatic nitrogens is 1. The molecule has 0 bridgehead atoms. The molecular weight excluding hydrogens is 374 g/mol. The number of anilines is 1. The van der Waals surface area contributed by atoms with Crippen molar-refractivity contribution in [2.24, 2.45) is 0 Å². The van der Waals surface area contributed by atoms with Gasteiger partial charge in [-0.25, -0.2) is 9.36 Å². The fraction of sp³-hybridized carbons (Fsp3) is 0.360. The Labute approximate surface area is 178 Å². The quantitative estimate of drug-likeness (QED) is 0.578. The van der Waals surface area contributed by atoms with Crippen LogP contribution in [0.15, 0.2) is 54.6 Å². The van der Waals surface area contributed by atoms with Gasteiger partial charge in [0.25, 0.3) is 0 Å². The van der Waals surface area contributed by atoms with Crippen molar-refractivity contribution in [2.75, 3.05) is 11.9 Å². The standard InChI is InChI=1S/C25H29N3O2/c1-24(2,3)30-23(29)28-20-14-10-9-13-19(20)21(25(4,5)17-26)22(28)27-16-15-18-11-7-6-8-12-18/h6-14,27H,15-16H2,1-5H3. The number of hydrogen-bond acceptors (Lipinski definition) is 4. The van der Waals surface area contributed by atoms with Gasteiger partial charge in [-0.2, -0.15) is 5.26 Å². The third-order valence-corrected chi connectivity index (χ3v) is 4.90. The zero-order valence-electron chi connectivity index (χ0n) is 18.3. The molecule has 1 N–H and O–H groups in total. The Morgan fingerprint density at radius 2 is 1.67 bits per heavy atom. The van der Waals surface area contributed by atoms with Gasteiger partial charge in [-0.05, 0) is 52.7 Å². The average molecular weight is 404 g/mol. The number of fused-ring (bicyclic) bond motifs is 1. The largest absolute Gasteiger partial charge is 0.443 e. The van der Waals surface area contributed by atoms with Crippen LogP contribution in [-0.2, 0) is 16.6 Å². The van der Waals surface area contributed by atoms with Gasteiger partial charge in [-0.1, -0.05) is 48.5 Å². The topological polar surface area (TPSA) is 67.0 Å². The van der Waals surface area contributed by atoms with E-state index in [1.165, 1.54) is 5.56 Å². The molecule has 3 aromatic rings. The molecule has 1 aromatic heterocycles. The lowest BCUT2D eigenvalue weighted by atomic mass is 9.85. The van der Waals surface area contributed by atoms with Crippen molar-refractivity contribution in [3.8, 4) is 6.07 Å². The minimum Gasteiger partial charge on any atom is -0.443 e. The minimum atomic E-state index is -0.790. The molecule has 0 aliphatic rings. The van der Waals surface area contributed by atoms with Crippen molar-refractivity contribution in [2.45, 2.75) is 52.1 Å². The van der Waals surface area contributed by atoms with Crippen LogP contribution in [-0.4, -0.2) is 22.8 Å². The van der Waals surface area contributed by atoms with E-state index in [0.29, 0.717) is 12.4 Å². The number of carbonyl (C=O) groups is 1. The van der Waals surface area contributed by atoms with E-state index in [1.807, 2.05) is 77.1 Å². The molecule has 0 radical (unpaired) electrons. The maximum Gasteiger partial charge on any atom is 0.420 e. The predicted molar refractivity (Wildman–Crippen MR) is 121 cm³/mol. The summed E-state index contributed by atoms with van der Waals surface area (Å²) in [6.07, 6.45) is 0.337. The van der Waals surface area contributed by atoms with E-state index in [2.05, 4.69) is 23.5 Å². The fourth-order valence-electron chi connectivity index (χ4n) is 3.56. The Kier molecular flexibility index (Phi) is 5.89. The third kappa shape index (κ3) is 4.49. The molecule has 30 heavy (non-hydrogen) atoms. The SMILES string of the molecule is CC(C)(C)OC(=O)n1c(NCCc2ccccc2)c(C(C)(C)C#N)c2ccccc21. The lowest BCUT2D eigenvalue weighted by Crippen LogP contribution is -2.28. The molecule has 0 atom stereocenters. The molecule has 5 nitrogen and oxygen atoms in total. The summed E-state index contributed by atoms with van der Waals surface area (Å²) in [7, 11) is 0. The molecule has 1 heterocycles. The smallest absolute Gasteiger partial charge is 0.420 e. The Bertz CT molecular complexity index is 1080. The Morgan fingerprint density at radius 3 is 2.30 bits per heavy atom. The Hall–Kier alpha value is -3.26. The van der Waals surface area contributed by atoms with E-state index >= 15 is 0 Å². The molecule has 0 saturated heterocycles. The first-order valence-corrected chi connectivity index (χ1v) is 10.2. The summed E-state index contributed by atoms with van der Waals surface area (Å²) in [5.41, 5.74) is 1.31. The molecule has 0 saturated carbocycles. The van der Waals surface area contributed by atoms with Crippen LogP contribution in [0, 0.1) is 11.3 Å². The third-order valence-electron chi connectivity index (χ3n) is 4.90. The van der Waals surface area contributed by atoms with Gasteiger partial charge in [0.05, 0.1) is 17.0 Å². The number of nitrogens with one attached hydrogen (secondary N) is 1. The van der Waals surface area contributed by atoms with Crippen molar-refractivity contribution in [1.82, 2.24) is 4.57 Å². The van der Waals surface area contributed by atoms with E-state index in [9.17, 15) is 10.1 Å². The summed E-state index contributed by atoms with van der Waals surface area (Å²) in [5, 5.41) is 14.2. The molecule has 0 unspecified atom stereocenters. The van der Waals surface area contributed by atoms with Crippen molar-refractivity contribution < 1.29 is 9.53 Å². The van der Waals surface area contributed by atoms with Crippen molar-refractivity contribution >= 4 is 22.8 Å². The second-order valence-electron chi connectivity index (χ2n) is 8.96. The molecule has 0 aliphatic carbocycles. The zero-order chi connectivity index (χ0) is 21.9. The predicted octanol–water partition coefficient (Wildman–Crippen LogP) is 5.88. The van der Waals surface area contributed by atoms with Crippen LogP contribution in [0.25, 0.3) is 10.9 Å². The van der Waals surface area contributed by atoms with Crippen LogP contribution in [0.4, 0.5) is 10.6 Å². The van der Waals surface area contributed by atoms with Gasteiger partial charge in [0.1, 0.15) is 11.4 Å². The maximum atomic E-state index is 13.2. The van der Waals surface area contributed by atoms with Crippen molar-refractivity contribution in [1.29, 1.82) is 5.26 Å². The van der Waals surface area contributed by atoms with Crippen LogP contribution in [0.2, 0.25) is 0 Å². The highest BCUT2D eigenvalue weighted by Gasteiger charge is 2.33. The first-order chi connectivity index (χ1) is 14.1. The fourth-order valence-corrected chi connectivity index (χ4v) is 3.56. The number of para-hydroxylation sites is 1. The lowest BCUT2D eigenvalue weighted by Gasteiger charge is -2.23. The first kappa shape index (κ1) is 21.4. The summed E-state index contributed by atoms with van der Waals surface area (Å²) in [6.45, 7) is 9.91. The number of rotatable bonds is 5. The monoisotopic (exact) mass is 403 g/mol. The summed E-state index contributed by atoms with van der Waals surface area (Å²) >= 11 is 0. The van der Waals surface area contributed by atoms with Crippen LogP contribution in [0.5, 0.6) is 0 Å². The normalized spacial score (nSPS) is 11.9. The maximum absolute atomic E-state index is 13.2. The number of hydrogen-bond donors (Lipinski definition) is 1. The van der Waals surface area contributed by atoms with Crippen molar-refractivity contribution in [3.05, 3.63) is 65.7 Å². The zero-order valence-corrected chi connectivity index (χ0v) is 18.3. The highest BCUT2D eigenvalue weighted by atomic mass is 16.6. The molecule has 3 rings (SSSR count). The molecule has 2 aromatic carbocycles. The van der Waals surface area contributed by atoms with Crippen LogP contribution in [0.3, 0.4) is 0 Å². The van der Waals surface area contributed by atoms with E-state index in [0.717, 1.165) is 22.9 Å². The number of ether oxygens (including phenoxy) is 1. The van der Waals surface area contributed by atoms with E-state index in [4.69, 9.17) is 4.74 Å². The van der Waals surface area contributed by atoms with E-state index in [1.54, 1.807) is 4.57 Å². The van der Waals surface area contributed by atoms with Gasteiger partial charge in [0.15, 0.2) is 0 Å². The lowest BCUT2D eigenvalue weighted by molar-refractivity contribution is 0.0547. The van der Waals surface area contributed by atoms with E-state index < -0.39 is 17.1 Å². The molecular formula is C25H29N3O2. The van der Waals surface area contributed by atoms with Gasteiger partial charge < -0.3 is 10.1 Å². The molecule has 0 fully saturated rings. The minimum absolute atomic E-state index is 0.457. The Morgan fingerprint density at radius 1 is 1.03 bits per heavy atom. The second-order valence-corrected chi connectivity index (χ2v) is 8.96. The summed E-state index contributed by atoms with van der Waals surface area (Å²) in [5.74, 6) is 0.618. The molecule has 5 heteroatoms. The van der Waals surface area contributed by atoms with Gasteiger partial charge >= 0.3 is 6.09 Å². The van der Waals surface area contributed by atoms with Gasteiger partial charge in [0.2, 0.25) is 0 Å². The molecule has 0 amide bonds. The van der Waals surface area contributed by atoms with Crippen LogP contribution >= 0.6 is 0 Å². The summed E-state index contributed by atoms with van der Waals surface area (Å²) in [4.78, 5) is 13.2. The highest BCUT2D eigenvalue weighted by Crippen LogP contribution is 2.39. The summed E-state index contributed by atoms with van der Waals surface area (Å²) in [6, 6.07) is 20.2. The summed E-state index contributed by atoms with van der Waals surface area (Å²) < 4.78 is 7.27. The second kappa shape index (κ2) is 8.23. The Balaban J connectivity index is 2.11. The van der Waals surface area contributed by atoms with Crippen LogP contribution < -0.4 is 5.32 Å².